The van der Waals surface area contributed by atoms with Gasteiger partial charge in [0.15, 0.2) is 11.2 Å². The van der Waals surface area contributed by atoms with Crippen molar-refractivity contribution in [1.82, 2.24) is 15.6 Å². The molecule has 0 unspecified atom stereocenters. The number of alkyl halides is 3. The van der Waals surface area contributed by atoms with Gasteiger partial charge in [-0.2, -0.15) is 13.2 Å². The van der Waals surface area contributed by atoms with Gasteiger partial charge in [-0.05, 0) is 79.9 Å². The van der Waals surface area contributed by atoms with Crippen molar-refractivity contribution in [2.45, 2.75) is 51.7 Å². The van der Waals surface area contributed by atoms with E-state index in [0.717, 1.165) is 15.8 Å². The quantitative estimate of drug-likeness (QED) is 0.0882. The Morgan fingerprint density at radius 2 is 1.37 bits per heavy atom. The van der Waals surface area contributed by atoms with E-state index in [1.807, 2.05) is 6.07 Å². The number of nitrogen functional groups attached to an aromatic ring is 1. The van der Waals surface area contributed by atoms with Gasteiger partial charge in [-0.3, -0.25) is 9.59 Å². The van der Waals surface area contributed by atoms with Gasteiger partial charge < -0.3 is 47.9 Å². The van der Waals surface area contributed by atoms with Gasteiger partial charge in [0.05, 0.1) is 15.8 Å². The van der Waals surface area contributed by atoms with Gasteiger partial charge in [-0.25, -0.2) is 24.2 Å². The van der Waals surface area contributed by atoms with Gasteiger partial charge in [0.2, 0.25) is 5.91 Å². The van der Waals surface area contributed by atoms with E-state index in [1.165, 1.54) is 23.5 Å². The Labute approximate surface area is 338 Å². The molecular formula is C39H41F3N6O10S. The predicted molar refractivity (Wildman–Crippen MR) is 211 cm³/mol. The summed E-state index contributed by atoms with van der Waals surface area (Å²) in [6, 6.07) is 25.8. The number of primary amides is 1. The minimum absolute atomic E-state index is 0.193. The number of aliphatic carboxylic acids is 2. The molecule has 314 valence electrons. The fourth-order valence-corrected chi connectivity index (χ4v) is 5.16. The van der Waals surface area contributed by atoms with Gasteiger partial charge in [-0.1, -0.05) is 65.9 Å². The summed E-state index contributed by atoms with van der Waals surface area (Å²) in [6.45, 7) is 5.88. The Morgan fingerprint density at radius 3 is 1.90 bits per heavy atom. The molecule has 0 spiro atoms. The van der Waals surface area contributed by atoms with E-state index in [2.05, 4.69) is 15.6 Å². The van der Waals surface area contributed by atoms with Crippen molar-refractivity contribution in [2.75, 3.05) is 5.73 Å². The van der Waals surface area contributed by atoms with Gasteiger partial charge in [0, 0.05) is 24.2 Å². The van der Waals surface area contributed by atoms with Crippen LogP contribution in [0.15, 0.2) is 97.1 Å². The van der Waals surface area contributed by atoms with E-state index in [-0.39, 0.29) is 12.1 Å². The standard InChI is InChI=1S/C16H16N2O3.C13H17NO4.C8H7N3OS.C2HF3O2/c17-10-11-5-4-8-13(9-11)15(19)18-14(16(20)21)12-6-2-1-3-7-12;1-13(2,3)18-12(17)14-8-9-5-4-6-10(7-9)11(15)16;9-7(12)4-1-2-5-6(3-4)13-8(10)11-5;3-2(4,5)1(6)7/h1-9,14H,10,17H2,(H,18,19)(H,20,21);4-7H,8H2,1-3H3,(H,14,17)(H,15,16);1-3H,(H2,9,12)(H2,10,11);(H,6,7)/t14-;;;/m1.../s1. The number of nitrogens with zero attached hydrogens (tertiary/aromatic N) is 1. The Morgan fingerprint density at radius 1 is 0.797 bits per heavy atom. The van der Waals surface area contributed by atoms with Crippen LogP contribution < -0.4 is 27.8 Å². The van der Waals surface area contributed by atoms with Crippen LogP contribution in [-0.2, 0) is 27.4 Å². The summed E-state index contributed by atoms with van der Waals surface area (Å²) < 4.78 is 37.7. The summed E-state index contributed by atoms with van der Waals surface area (Å²) in [4.78, 5) is 69.5. The van der Waals surface area contributed by atoms with E-state index in [1.54, 1.807) is 99.6 Å². The molecule has 0 radical (unpaired) electrons. The highest BCUT2D eigenvalue weighted by molar-refractivity contribution is 7.22. The van der Waals surface area contributed by atoms with Crippen LogP contribution in [-0.4, -0.2) is 67.9 Å². The number of nitrogens with two attached hydrogens (primary N) is 3. The van der Waals surface area contributed by atoms with E-state index in [0.29, 0.717) is 33.9 Å². The zero-order valence-electron chi connectivity index (χ0n) is 31.6. The third-order valence-corrected chi connectivity index (χ3v) is 7.87. The molecule has 11 N–H and O–H groups in total. The second kappa shape index (κ2) is 22.0. The predicted octanol–water partition coefficient (Wildman–Crippen LogP) is 5.72. The maximum absolute atomic E-state index is 12.2. The maximum Gasteiger partial charge on any atom is 0.490 e. The first-order valence-electron chi connectivity index (χ1n) is 16.9. The Balaban J connectivity index is 0.000000288. The molecule has 0 saturated heterocycles. The lowest BCUT2D eigenvalue weighted by molar-refractivity contribution is -0.192. The number of halogens is 3. The number of fused-ring (bicyclic) bond motifs is 1. The minimum atomic E-state index is -5.08. The largest absolute Gasteiger partial charge is 0.490 e. The molecule has 0 fully saturated rings. The molecule has 20 heteroatoms. The molecule has 0 bridgehead atoms. The number of anilines is 1. The molecule has 0 aliphatic carbocycles. The number of ether oxygens (including phenoxy) is 1. The number of carbonyl (C=O) groups is 6. The lowest BCUT2D eigenvalue weighted by Crippen LogP contribution is -2.33. The van der Waals surface area contributed by atoms with Crippen LogP contribution in [0.3, 0.4) is 0 Å². The number of alkyl carbamates (subject to hydrolysis) is 1. The Bertz CT molecular complexity index is 2250. The first-order chi connectivity index (χ1) is 27.5. The summed E-state index contributed by atoms with van der Waals surface area (Å²) in [5.74, 6) is -5.73. The number of carboxylic acids is 3. The second-order valence-electron chi connectivity index (χ2n) is 12.8. The number of carbonyl (C=O) groups excluding carboxylic acids is 3. The highest BCUT2D eigenvalue weighted by atomic mass is 32.1. The number of hydrogen-bond acceptors (Lipinski definition) is 11. The zero-order chi connectivity index (χ0) is 44.5. The molecule has 0 saturated carbocycles. The van der Waals surface area contributed by atoms with Crippen molar-refractivity contribution in [3.05, 3.63) is 130 Å². The number of thiazole rings is 1. The highest BCUT2D eigenvalue weighted by Gasteiger charge is 2.38. The second-order valence-corrected chi connectivity index (χ2v) is 13.9. The minimum Gasteiger partial charge on any atom is -0.479 e. The van der Waals surface area contributed by atoms with Gasteiger partial charge in [0.1, 0.15) is 5.60 Å². The van der Waals surface area contributed by atoms with Crippen molar-refractivity contribution >= 4 is 62.5 Å². The molecule has 0 aliphatic rings. The third kappa shape index (κ3) is 17.3. The fraction of sp³-hybridized carbons (Fsp3) is 0.205. The number of carboxylic acid groups (broad SMARTS) is 3. The van der Waals surface area contributed by atoms with Crippen molar-refractivity contribution in [3.63, 3.8) is 0 Å². The van der Waals surface area contributed by atoms with E-state index < -0.39 is 53.6 Å². The van der Waals surface area contributed by atoms with Crippen LogP contribution in [0.25, 0.3) is 10.2 Å². The molecule has 5 aromatic rings. The normalized spacial score (nSPS) is 11.1. The zero-order valence-corrected chi connectivity index (χ0v) is 32.5. The van der Waals surface area contributed by atoms with Gasteiger partial charge in [-0.15, -0.1) is 0 Å². The maximum atomic E-state index is 12.2. The van der Waals surface area contributed by atoms with Crippen LogP contribution in [0.4, 0.5) is 23.1 Å². The molecular weight excluding hydrogens is 802 g/mol. The van der Waals surface area contributed by atoms with Crippen molar-refractivity contribution in [1.29, 1.82) is 0 Å². The van der Waals surface area contributed by atoms with Gasteiger partial charge >= 0.3 is 30.2 Å². The summed E-state index contributed by atoms with van der Waals surface area (Å²) in [6.07, 6.45) is -5.61. The number of aromatic nitrogens is 1. The van der Waals surface area contributed by atoms with Crippen LogP contribution in [0.5, 0.6) is 0 Å². The first-order valence-corrected chi connectivity index (χ1v) is 17.7. The lowest BCUT2D eigenvalue weighted by atomic mass is 10.1. The van der Waals surface area contributed by atoms with Crippen LogP contribution in [0, 0.1) is 0 Å². The smallest absolute Gasteiger partial charge is 0.479 e. The summed E-state index contributed by atoms with van der Waals surface area (Å²) in [7, 11) is 0. The van der Waals surface area contributed by atoms with Crippen molar-refractivity contribution < 1.29 is 62.0 Å². The average molecular weight is 843 g/mol. The molecule has 1 atom stereocenters. The van der Waals surface area contributed by atoms with Gasteiger partial charge in [0.25, 0.3) is 5.91 Å². The molecule has 4 aromatic carbocycles. The number of rotatable bonds is 9. The number of benzene rings is 4. The topological polar surface area (TPSA) is 287 Å². The molecule has 0 aliphatic heterocycles. The van der Waals surface area contributed by atoms with Crippen LogP contribution >= 0.6 is 11.3 Å². The SMILES string of the molecule is CC(C)(C)OC(=O)NCc1cccc(C(=O)O)c1.NC(=O)c1ccc2nc(N)sc2c1.NCc1cccc(C(=O)N[C@@H](C(=O)O)c2ccccc2)c1.O=C(O)C(F)(F)F. The molecule has 16 nitrogen and oxygen atoms in total. The van der Waals surface area contributed by atoms with E-state index in [4.69, 9.17) is 36.9 Å². The number of amides is 3. The number of nitrogens with one attached hydrogen (secondary N) is 2. The summed E-state index contributed by atoms with van der Waals surface area (Å²) in [5.41, 5.74) is 19.5. The summed E-state index contributed by atoms with van der Waals surface area (Å²) in [5, 5.41) is 30.8. The summed E-state index contributed by atoms with van der Waals surface area (Å²) >= 11 is 1.34. The molecule has 1 aromatic heterocycles. The van der Waals surface area contributed by atoms with Crippen LogP contribution in [0.2, 0.25) is 0 Å². The highest BCUT2D eigenvalue weighted by Crippen LogP contribution is 2.24. The van der Waals surface area contributed by atoms with Crippen molar-refractivity contribution in [3.8, 4) is 0 Å². The number of hydrogen-bond donors (Lipinski definition) is 8. The molecule has 5 rings (SSSR count). The van der Waals surface area contributed by atoms with E-state index >= 15 is 0 Å². The molecule has 59 heavy (non-hydrogen) atoms. The average Bonchev–Trinajstić information content (AvgIpc) is 3.55. The van der Waals surface area contributed by atoms with Crippen molar-refractivity contribution in [2.24, 2.45) is 11.5 Å². The monoisotopic (exact) mass is 842 g/mol. The first kappa shape index (κ1) is 48.1. The fourth-order valence-electron chi connectivity index (χ4n) is 4.39. The lowest BCUT2D eigenvalue weighted by Gasteiger charge is -2.19. The number of aromatic carboxylic acids is 1. The van der Waals surface area contributed by atoms with Crippen LogP contribution in [0.1, 0.15) is 74.6 Å². The Kier molecular flexibility index (Phi) is 18.0. The molecule has 1 heterocycles. The Hall–Kier alpha value is -7.06. The molecule has 3 amide bonds. The van der Waals surface area contributed by atoms with E-state index in [9.17, 15) is 42.3 Å². The third-order valence-electron chi connectivity index (χ3n) is 7.02.